The highest BCUT2D eigenvalue weighted by atomic mass is 19.4. The van der Waals surface area contributed by atoms with Gasteiger partial charge in [-0.3, -0.25) is 9.79 Å². The molecule has 2 heterocycles. The molecule has 0 radical (unpaired) electrons. The lowest BCUT2D eigenvalue weighted by Gasteiger charge is -2.33. The molecule has 2 aromatic rings. The van der Waals surface area contributed by atoms with Crippen molar-refractivity contribution < 1.29 is 40.6 Å². The number of nitrogens with one attached hydrogen (secondary N) is 1. The number of aliphatic imine (C=N–C) groups is 1. The molecule has 1 atom stereocenters. The molecule has 0 bridgehead atoms. The maximum atomic E-state index is 14.7. The summed E-state index contributed by atoms with van der Waals surface area (Å²) in [6.07, 6.45) is -2.92. The Morgan fingerprint density at radius 1 is 1.27 bits per heavy atom. The van der Waals surface area contributed by atoms with Crippen molar-refractivity contribution in [2.45, 2.75) is 24.6 Å². The van der Waals surface area contributed by atoms with Gasteiger partial charge in [0.1, 0.15) is 30.6 Å². The molecule has 0 aliphatic carbocycles. The number of amidine groups is 1. The van der Waals surface area contributed by atoms with Crippen LogP contribution in [0.25, 0.3) is 0 Å². The Labute approximate surface area is 182 Å². The van der Waals surface area contributed by atoms with E-state index < -0.39 is 54.0 Å². The van der Waals surface area contributed by atoms with E-state index in [1.165, 1.54) is 0 Å². The Kier molecular flexibility index (Phi) is 6.49. The van der Waals surface area contributed by atoms with E-state index in [4.69, 9.17) is 10.5 Å². The van der Waals surface area contributed by atoms with Crippen molar-refractivity contribution >= 4 is 17.4 Å². The van der Waals surface area contributed by atoms with Gasteiger partial charge in [0.2, 0.25) is 5.88 Å². The highest BCUT2D eigenvalue weighted by Crippen LogP contribution is 2.44. The number of anilines is 1. The Balaban J connectivity index is 1.82. The molecule has 0 spiro atoms. The van der Waals surface area contributed by atoms with Gasteiger partial charge >= 0.3 is 6.18 Å². The van der Waals surface area contributed by atoms with Crippen molar-refractivity contribution in [2.24, 2.45) is 10.7 Å². The van der Waals surface area contributed by atoms with E-state index in [1.807, 2.05) is 0 Å². The van der Waals surface area contributed by atoms with E-state index in [9.17, 15) is 31.1 Å². The quantitative estimate of drug-likeness (QED) is 0.641. The highest BCUT2D eigenvalue weighted by Gasteiger charge is 2.54. The van der Waals surface area contributed by atoms with E-state index in [2.05, 4.69) is 25.0 Å². The smallest absolute Gasteiger partial charge is 0.422 e. The van der Waals surface area contributed by atoms with Gasteiger partial charge in [-0.15, -0.1) is 0 Å². The molecule has 1 amide bonds. The number of nitrogens with zero attached hydrogens (tertiary/aromatic N) is 3. The summed E-state index contributed by atoms with van der Waals surface area (Å²) in [7, 11) is 0. The Morgan fingerprint density at radius 3 is 2.64 bits per heavy atom. The molecular weight excluding hydrogens is 460 g/mol. The van der Waals surface area contributed by atoms with Gasteiger partial charge in [0.25, 0.3) is 11.8 Å². The Bertz CT molecular complexity index is 1060. The summed E-state index contributed by atoms with van der Waals surface area (Å²) in [5.74, 6) is -6.25. The second-order valence-corrected chi connectivity index (χ2v) is 7.17. The van der Waals surface area contributed by atoms with Gasteiger partial charge in [0.05, 0.1) is 12.4 Å². The van der Waals surface area contributed by atoms with Gasteiger partial charge in [0, 0.05) is 11.3 Å². The number of amides is 1. The van der Waals surface area contributed by atoms with Crippen LogP contribution in [0.2, 0.25) is 0 Å². The van der Waals surface area contributed by atoms with Crippen molar-refractivity contribution in [1.82, 2.24) is 9.97 Å². The fourth-order valence-electron chi connectivity index (χ4n) is 2.92. The van der Waals surface area contributed by atoms with E-state index in [0.717, 1.165) is 37.5 Å². The zero-order valence-electron chi connectivity index (χ0n) is 16.9. The van der Waals surface area contributed by atoms with E-state index in [-0.39, 0.29) is 23.8 Å². The number of aromatic nitrogens is 2. The summed E-state index contributed by atoms with van der Waals surface area (Å²) in [6.45, 7) is -2.01. The van der Waals surface area contributed by atoms with Gasteiger partial charge in [-0.05, 0) is 25.1 Å². The van der Waals surface area contributed by atoms with Crippen LogP contribution in [0.3, 0.4) is 0 Å². The fourth-order valence-corrected chi connectivity index (χ4v) is 2.92. The average molecular weight is 477 g/mol. The van der Waals surface area contributed by atoms with Crippen LogP contribution in [-0.4, -0.2) is 53.6 Å². The lowest BCUT2D eigenvalue weighted by Crippen LogP contribution is -2.45. The zero-order valence-corrected chi connectivity index (χ0v) is 16.9. The normalized spacial score (nSPS) is 20.5. The first kappa shape index (κ1) is 24.2. The fraction of sp³-hybridized carbons (Fsp3) is 0.368. The molecule has 3 rings (SSSR count). The first-order chi connectivity index (χ1) is 15.3. The van der Waals surface area contributed by atoms with Crippen LogP contribution < -0.4 is 15.8 Å². The number of hydrogen-bond acceptors (Lipinski definition) is 7. The molecule has 0 unspecified atom stereocenters. The number of benzene rings is 1. The lowest BCUT2D eigenvalue weighted by molar-refractivity contribution is -0.154. The zero-order chi connectivity index (χ0) is 24.4. The summed E-state index contributed by atoms with van der Waals surface area (Å²) < 4.78 is 89.7. The Hall–Kier alpha value is -3.42. The number of nitrogens with two attached hydrogens (primary N) is 1. The third-order valence-electron chi connectivity index (χ3n) is 4.61. The molecule has 0 saturated carbocycles. The van der Waals surface area contributed by atoms with E-state index in [0.29, 0.717) is 0 Å². The molecule has 0 fully saturated rings. The average Bonchev–Trinajstić information content (AvgIpc) is 2.83. The minimum atomic E-state index is -4.58. The monoisotopic (exact) mass is 477 g/mol. The predicted molar refractivity (Wildman–Crippen MR) is 103 cm³/mol. The highest BCUT2D eigenvalue weighted by molar-refractivity contribution is 6.02. The molecule has 3 N–H and O–H groups in total. The summed E-state index contributed by atoms with van der Waals surface area (Å²) in [5, 5.41) is 2.33. The van der Waals surface area contributed by atoms with Gasteiger partial charge in [-0.2, -0.15) is 13.2 Å². The SMILES string of the molecule is C[C@]1(c2cc(NC(=O)c3cnc(OCC(F)(F)F)cn3)ccc2F)N=C(N)COCC1(F)F. The lowest BCUT2D eigenvalue weighted by atomic mass is 9.85. The standard InChI is InChI=1S/C19H17F6N5O3/c1-17(18(21,22)8-32-7-14(26)30-17)11-4-10(2-3-12(11)20)29-16(31)13-5-28-15(6-27-13)33-9-19(23,24)25/h2-6H,7-9H2,1H3,(H2,26,30)(H,29,31)/t17-/m1/s1. The van der Waals surface area contributed by atoms with Crippen LogP contribution >= 0.6 is 0 Å². The molecule has 0 saturated heterocycles. The minimum Gasteiger partial charge on any atom is -0.467 e. The molecule has 14 heteroatoms. The number of halogens is 6. The maximum absolute atomic E-state index is 14.7. The van der Waals surface area contributed by atoms with Gasteiger partial charge < -0.3 is 20.5 Å². The molecule has 8 nitrogen and oxygen atoms in total. The van der Waals surface area contributed by atoms with Crippen LogP contribution in [0.15, 0.2) is 35.6 Å². The van der Waals surface area contributed by atoms with Crippen LogP contribution in [-0.2, 0) is 10.3 Å². The molecule has 1 aromatic heterocycles. The third kappa shape index (κ3) is 5.50. The third-order valence-corrected chi connectivity index (χ3v) is 4.61. The van der Waals surface area contributed by atoms with Crippen LogP contribution in [0.4, 0.5) is 32.0 Å². The topological polar surface area (TPSA) is 112 Å². The summed E-state index contributed by atoms with van der Waals surface area (Å²) in [4.78, 5) is 23.3. The van der Waals surface area contributed by atoms with Crippen molar-refractivity contribution in [2.75, 3.05) is 25.1 Å². The van der Waals surface area contributed by atoms with Crippen LogP contribution in [0.5, 0.6) is 5.88 Å². The van der Waals surface area contributed by atoms with E-state index >= 15 is 0 Å². The van der Waals surface area contributed by atoms with Crippen molar-refractivity contribution in [3.8, 4) is 5.88 Å². The van der Waals surface area contributed by atoms with Gasteiger partial charge in [-0.25, -0.2) is 23.1 Å². The molecule has 1 aromatic carbocycles. The second kappa shape index (κ2) is 8.84. The first-order valence-electron chi connectivity index (χ1n) is 9.23. The predicted octanol–water partition coefficient (Wildman–Crippen LogP) is 3.05. The maximum Gasteiger partial charge on any atom is 0.422 e. The summed E-state index contributed by atoms with van der Waals surface area (Å²) >= 11 is 0. The summed E-state index contributed by atoms with van der Waals surface area (Å²) in [5.41, 5.74) is 2.23. The molecular formula is C19H17F6N5O3. The largest absolute Gasteiger partial charge is 0.467 e. The molecule has 33 heavy (non-hydrogen) atoms. The molecule has 1 aliphatic rings. The summed E-state index contributed by atoms with van der Waals surface area (Å²) in [6, 6.07) is 2.95. The molecule has 1 aliphatic heterocycles. The first-order valence-corrected chi connectivity index (χ1v) is 9.23. The number of hydrogen-bond donors (Lipinski definition) is 2. The van der Waals surface area contributed by atoms with Crippen molar-refractivity contribution in [3.05, 3.63) is 47.7 Å². The van der Waals surface area contributed by atoms with Gasteiger partial charge in [0.15, 0.2) is 12.1 Å². The number of ether oxygens (including phenoxy) is 2. The van der Waals surface area contributed by atoms with Crippen molar-refractivity contribution in [3.63, 3.8) is 0 Å². The molecule has 178 valence electrons. The number of rotatable bonds is 5. The number of alkyl halides is 5. The number of carbonyl (C=O) groups excluding carboxylic acids is 1. The Morgan fingerprint density at radius 2 is 2.00 bits per heavy atom. The number of carbonyl (C=O) groups is 1. The van der Waals surface area contributed by atoms with Gasteiger partial charge in [-0.1, -0.05) is 0 Å². The van der Waals surface area contributed by atoms with Crippen molar-refractivity contribution in [1.29, 1.82) is 0 Å². The van der Waals surface area contributed by atoms with Crippen LogP contribution in [0, 0.1) is 5.82 Å². The second-order valence-electron chi connectivity index (χ2n) is 7.17. The van der Waals surface area contributed by atoms with E-state index in [1.54, 1.807) is 0 Å². The minimum absolute atomic E-state index is 0.0773. The van der Waals surface area contributed by atoms with Crippen LogP contribution in [0.1, 0.15) is 23.0 Å².